The highest BCUT2D eigenvalue weighted by atomic mass is 35.5. The zero-order chi connectivity index (χ0) is 11.7. The van der Waals surface area contributed by atoms with Crippen LogP contribution in [0.4, 0.5) is 0 Å². The fourth-order valence-electron chi connectivity index (χ4n) is 1.34. The van der Waals surface area contributed by atoms with Crippen LogP contribution in [0.3, 0.4) is 0 Å². The molecule has 0 spiro atoms. The quantitative estimate of drug-likeness (QED) is 0.838. The average molecular weight is 239 g/mol. The number of nitrogens with zero attached hydrogens (tertiary/aromatic N) is 2. The van der Waals surface area contributed by atoms with Crippen LogP contribution in [0.25, 0.3) is 5.69 Å². The van der Waals surface area contributed by atoms with Gasteiger partial charge in [-0.3, -0.25) is 0 Å². The largest absolute Gasteiger partial charge is 0.504 e. The molecule has 0 radical (unpaired) electrons. The van der Waals surface area contributed by atoms with Gasteiger partial charge in [0, 0.05) is 5.02 Å². The van der Waals surface area contributed by atoms with Crippen LogP contribution >= 0.6 is 11.6 Å². The maximum Gasteiger partial charge on any atom is 0.358 e. The van der Waals surface area contributed by atoms with E-state index < -0.39 is 5.97 Å². The normalized spacial score (nSPS) is 10.3. The number of rotatable bonds is 2. The summed E-state index contributed by atoms with van der Waals surface area (Å²) >= 11 is 5.78. The molecule has 16 heavy (non-hydrogen) atoms. The number of hydrogen-bond acceptors (Lipinski definition) is 3. The average Bonchev–Trinajstić information content (AvgIpc) is 2.60. The number of carbonyl (C=O) groups is 1. The smallest absolute Gasteiger partial charge is 0.358 e. The summed E-state index contributed by atoms with van der Waals surface area (Å²) in [4.78, 5) is 10.9. The molecule has 1 aromatic carbocycles. The van der Waals surface area contributed by atoms with E-state index in [-0.39, 0.29) is 11.4 Å². The summed E-state index contributed by atoms with van der Waals surface area (Å²) in [5.41, 5.74) is 0.187. The lowest BCUT2D eigenvalue weighted by molar-refractivity contribution is 0.0683. The van der Waals surface area contributed by atoms with Gasteiger partial charge in [0.2, 0.25) is 0 Å². The Labute approximate surface area is 95.5 Å². The van der Waals surface area contributed by atoms with E-state index in [0.717, 1.165) is 10.9 Å². The van der Waals surface area contributed by atoms with Crippen molar-refractivity contribution in [3.63, 3.8) is 0 Å². The molecule has 0 saturated carbocycles. The zero-order valence-corrected chi connectivity index (χ0v) is 8.72. The highest BCUT2D eigenvalue weighted by Crippen LogP contribution is 2.21. The molecule has 1 heterocycles. The first-order valence-electron chi connectivity index (χ1n) is 4.36. The first kappa shape index (κ1) is 10.5. The first-order chi connectivity index (χ1) is 7.59. The molecule has 5 nitrogen and oxygen atoms in total. The summed E-state index contributed by atoms with van der Waals surface area (Å²) in [5, 5.41) is 22.5. The predicted octanol–water partition coefficient (Wildman–Crippen LogP) is 1.93. The molecule has 2 aromatic rings. The van der Waals surface area contributed by atoms with Crippen molar-refractivity contribution in [1.82, 2.24) is 9.78 Å². The summed E-state index contributed by atoms with van der Waals surface area (Å²) in [7, 11) is 0. The fraction of sp³-hybridized carbons (Fsp3) is 0. The van der Waals surface area contributed by atoms with Crippen molar-refractivity contribution < 1.29 is 15.0 Å². The highest BCUT2D eigenvalue weighted by Gasteiger charge is 2.18. The van der Waals surface area contributed by atoms with Gasteiger partial charge in [-0.25, -0.2) is 9.48 Å². The maximum absolute atomic E-state index is 10.9. The van der Waals surface area contributed by atoms with Crippen molar-refractivity contribution in [2.24, 2.45) is 0 Å². The SMILES string of the molecule is O=C(O)c1c(O)cnn1-c1cccc(Cl)c1. The van der Waals surface area contributed by atoms with Crippen LogP contribution in [0.15, 0.2) is 30.5 Å². The molecule has 2 rings (SSSR count). The van der Waals surface area contributed by atoms with Crippen molar-refractivity contribution >= 4 is 17.6 Å². The van der Waals surface area contributed by atoms with Crippen molar-refractivity contribution in [1.29, 1.82) is 0 Å². The number of halogens is 1. The number of hydrogen-bond donors (Lipinski definition) is 2. The van der Waals surface area contributed by atoms with E-state index >= 15 is 0 Å². The molecule has 0 bridgehead atoms. The number of carboxylic acids is 1. The molecule has 0 unspecified atom stereocenters. The number of aromatic nitrogens is 2. The third-order valence-electron chi connectivity index (χ3n) is 2.01. The van der Waals surface area contributed by atoms with Gasteiger partial charge in [0.25, 0.3) is 0 Å². The molecule has 0 aliphatic rings. The van der Waals surface area contributed by atoms with E-state index in [1.54, 1.807) is 24.3 Å². The molecule has 2 N–H and O–H groups in total. The third-order valence-corrected chi connectivity index (χ3v) is 2.24. The van der Waals surface area contributed by atoms with Crippen LogP contribution in [0.1, 0.15) is 10.5 Å². The minimum absolute atomic E-state index is 0.290. The molecule has 82 valence electrons. The van der Waals surface area contributed by atoms with E-state index in [4.69, 9.17) is 16.7 Å². The Morgan fingerprint density at radius 2 is 2.19 bits per heavy atom. The van der Waals surface area contributed by atoms with Crippen LogP contribution in [0, 0.1) is 0 Å². The molecule has 1 aromatic heterocycles. The van der Waals surface area contributed by atoms with E-state index in [1.807, 2.05) is 0 Å². The monoisotopic (exact) mass is 238 g/mol. The second-order valence-corrected chi connectivity index (χ2v) is 3.51. The summed E-state index contributed by atoms with van der Waals surface area (Å²) in [6.07, 6.45) is 1.07. The zero-order valence-electron chi connectivity index (χ0n) is 7.96. The summed E-state index contributed by atoms with van der Waals surface area (Å²) in [6, 6.07) is 6.53. The molecule has 0 saturated heterocycles. The summed E-state index contributed by atoms with van der Waals surface area (Å²) in [5.74, 6) is -1.64. The first-order valence-corrected chi connectivity index (χ1v) is 4.73. The third kappa shape index (κ3) is 1.72. The second kappa shape index (κ2) is 3.86. The van der Waals surface area contributed by atoms with Gasteiger partial charge >= 0.3 is 5.97 Å². The second-order valence-electron chi connectivity index (χ2n) is 3.08. The molecule has 0 amide bonds. The van der Waals surface area contributed by atoms with Gasteiger partial charge < -0.3 is 10.2 Å². The predicted molar refractivity (Wildman–Crippen MR) is 57.2 cm³/mol. The maximum atomic E-state index is 10.9. The lowest BCUT2D eigenvalue weighted by atomic mass is 10.3. The Hall–Kier alpha value is -2.01. The van der Waals surface area contributed by atoms with E-state index in [1.165, 1.54) is 0 Å². The van der Waals surface area contributed by atoms with Crippen LogP contribution in [-0.2, 0) is 0 Å². The molecule has 0 atom stereocenters. The van der Waals surface area contributed by atoms with Gasteiger partial charge in [-0.05, 0) is 18.2 Å². The summed E-state index contributed by atoms with van der Waals surface area (Å²) < 4.78 is 1.11. The fourth-order valence-corrected chi connectivity index (χ4v) is 1.53. The van der Waals surface area contributed by atoms with Crippen molar-refractivity contribution in [2.75, 3.05) is 0 Å². The lowest BCUT2D eigenvalue weighted by Crippen LogP contribution is -2.07. The molecular formula is C10H7ClN2O3. The molecular weight excluding hydrogens is 232 g/mol. The Morgan fingerprint density at radius 3 is 2.81 bits per heavy atom. The Morgan fingerprint density at radius 1 is 1.44 bits per heavy atom. The number of carboxylic acid groups (broad SMARTS) is 1. The number of benzene rings is 1. The van der Waals surface area contributed by atoms with Crippen molar-refractivity contribution in [3.8, 4) is 11.4 Å². The van der Waals surface area contributed by atoms with Gasteiger partial charge in [-0.15, -0.1) is 0 Å². The van der Waals surface area contributed by atoms with E-state index in [0.29, 0.717) is 10.7 Å². The number of aromatic carboxylic acids is 1. The Bertz CT molecular complexity index is 551. The van der Waals surface area contributed by atoms with Crippen LogP contribution in [-0.4, -0.2) is 26.0 Å². The van der Waals surface area contributed by atoms with Gasteiger partial charge in [0.05, 0.1) is 11.9 Å². The topological polar surface area (TPSA) is 75.3 Å². The van der Waals surface area contributed by atoms with Gasteiger partial charge in [0.1, 0.15) is 0 Å². The van der Waals surface area contributed by atoms with Crippen molar-refractivity contribution in [3.05, 3.63) is 41.2 Å². The minimum Gasteiger partial charge on any atom is -0.504 e. The van der Waals surface area contributed by atoms with Crippen LogP contribution < -0.4 is 0 Å². The van der Waals surface area contributed by atoms with Crippen LogP contribution in [0.2, 0.25) is 5.02 Å². The van der Waals surface area contributed by atoms with Crippen molar-refractivity contribution in [2.45, 2.75) is 0 Å². The highest BCUT2D eigenvalue weighted by molar-refractivity contribution is 6.30. The van der Waals surface area contributed by atoms with Gasteiger partial charge in [0.15, 0.2) is 11.4 Å². The van der Waals surface area contributed by atoms with E-state index in [9.17, 15) is 9.90 Å². The Balaban J connectivity index is 2.60. The standard InChI is InChI=1S/C10H7ClN2O3/c11-6-2-1-3-7(4-6)13-9(10(15)16)8(14)5-12-13/h1-5,14H,(H,15,16). The molecule has 0 aliphatic heterocycles. The Kier molecular flexibility index (Phi) is 2.54. The minimum atomic E-state index is -1.25. The lowest BCUT2D eigenvalue weighted by Gasteiger charge is -2.04. The van der Waals surface area contributed by atoms with Gasteiger partial charge in [-0.1, -0.05) is 17.7 Å². The molecule has 0 fully saturated rings. The van der Waals surface area contributed by atoms with E-state index in [2.05, 4.69) is 5.10 Å². The van der Waals surface area contributed by atoms with Gasteiger partial charge in [-0.2, -0.15) is 5.10 Å². The van der Waals surface area contributed by atoms with Crippen LogP contribution in [0.5, 0.6) is 5.75 Å². The summed E-state index contributed by atoms with van der Waals surface area (Å²) in [6.45, 7) is 0. The molecule has 0 aliphatic carbocycles. The number of aromatic hydroxyl groups is 1. The molecule has 6 heteroatoms.